The predicted molar refractivity (Wildman–Crippen MR) is 164 cm³/mol. The number of thiocarbonyl (C=S) groups is 1. The smallest absolute Gasteiger partial charge is 0.257 e. The molecule has 1 atom stereocenters. The molecule has 1 saturated heterocycles. The molecule has 4 aromatic carbocycles. The number of para-hydroxylation sites is 1. The van der Waals surface area contributed by atoms with Gasteiger partial charge in [-0.1, -0.05) is 86.1 Å². The SMILES string of the molecule is CCCCN1c2ccccc2C2(c3ccccc3-c3ccccc32)c2cc(/C=C3/C(=O)NC(=S)NC3O)ccc21. The number of rotatable bonds is 4. The minimum absolute atomic E-state index is 0.126. The summed E-state index contributed by atoms with van der Waals surface area (Å²) < 4.78 is 0. The fraction of sp³-hybridized carbons (Fsp3) is 0.176. The van der Waals surface area contributed by atoms with E-state index in [1.807, 2.05) is 6.07 Å². The second-order valence-corrected chi connectivity index (χ2v) is 11.0. The van der Waals surface area contributed by atoms with E-state index in [9.17, 15) is 9.90 Å². The summed E-state index contributed by atoms with van der Waals surface area (Å²) in [6.07, 6.45) is 2.75. The molecule has 1 fully saturated rings. The van der Waals surface area contributed by atoms with Crippen molar-refractivity contribution in [2.24, 2.45) is 0 Å². The van der Waals surface area contributed by atoms with E-state index in [0.717, 1.165) is 30.6 Å². The number of unbranched alkanes of at least 4 members (excludes halogenated alkanes) is 1. The molecular weight excluding hydrogens is 514 g/mol. The van der Waals surface area contributed by atoms with Gasteiger partial charge in [0.25, 0.3) is 5.91 Å². The molecule has 2 heterocycles. The third-order valence-electron chi connectivity index (χ3n) is 8.38. The topological polar surface area (TPSA) is 64.6 Å². The summed E-state index contributed by atoms with van der Waals surface area (Å²) in [5.41, 5.74) is 10.3. The van der Waals surface area contributed by atoms with E-state index in [1.54, 1.807) is 6.08 Å². The molecule has 0 aromatic heterocycles. The third-order valence-corrected chi connectivity index (χ3v) is 8.60. The molecular formula is C34H29N3O2S. The van der Waals surface area contributed by atoms with Crippen LogP contribution in [0.2, 0.25) is 0 Å². The molecule has 2 aliphatic heterocycles. The van der Waals surface area contributed by atoms with E-state index in [1.165, 1.54) is 39.1 Å². The van der Waals surface area contributed by atoms with Gasteiger partial charge in [0.15, 0.2) is 11.3 Å². The van der Waals surface area contributed by atoms with Crippen LogP contribution < -0.4 is 15.5 Å². The highest BCUT2D eigenvalue weighted by Crippen LogP contribution is 2.62. The zero-order valence-corrected chi connectivity index (χ0v) is 23.0. The van der Waals surface area contributed by atoms with Crippen molar-refractivity contribution in [3.63, 3.8) is 0 Å². The normalized spacial score (nSPS) is 19.0. The molecule has 4 aromatic rings. The summed E-state index contributed by atoms with van der Waals surface area (Å²) in [6.45, 7) is 3.13. The van der Waals surface area contributed by atoms with Gasteiger partial charge in [-0.25, -0.2) is 0 Å². The zero-order valence-electron chi connectivity index (χ0n) is 22.1. The Bertz CT molecular complexity index is 1680. The van der Waals surface area contributed by atoms with Crippen LogP contribution in [0, 0.1) is 0 Å². The number of benzene rings is 4. The van der Waals surface area contributed by atoms with Crippen LogP contribution in [0.5, 0.6) is 0 Å². The molecule has 1 aliphatic carbocycles. The van der Waals surface area contributed by atoms with Crippen LogP contribution in [-0.4, -0.2) is 28.9 Å². The molecule has 5 nitrogen and oxygen atoms in total. The molecule has 40 heavy (non-hydrogen) atoms. The van der Waals surface area contributed by atoms with Crippen LogP contribution in [0.15, 0.2) is 96.6 Å². The number of carbonyl (C=O) groups is 1. The van der Waals surface area contributed by atoms with Crippen molar-refractivity contribution >= 4 is 40.7 Å². The molecule has 3 N–H and O–H groups in total. The second-order valence-electron chi connectivity index (χ2n) is 10.6. The van der Waals surface area contributed by atoms with Gasteiger partial charge in [-0.3, -0.25) is 10.1 Å². The van der Waals surface area contributed by atoms with Gasteiger partial charge in [0, 0.05) is 17.9 Å². The van der Waals surface area contributed by atoms with Gasteiger partial charge in [0.2, 0.25) is 0 Å². The summed E-state index contributed by atoms with van der Waals surface area (Å²) in [7, 11) is 0. The van der Waals surface area contributed by atoms with E-state index in [-0.39, 0.29) is 10.7 Å². The molecule has 1 amide bonds. The Morgan fingerprint density at radius 1 is 0.875 bits per heavy atom. The molecule has 1 unspecified atom stereocenters. The Labute approximate surface area is 239 Å². The summed E-state index contributed by atoms with van der Waals surface area (Å²) >= 11 is 5.05. The van der Waals surface area contributed by atoms with E-state index >= 15 is 0 Å². The van der Waals surface area contributed by atoms with Crippen LogP contribution in [0.25, 0.3) is 17.2 Å². The monoisotopic (exact) mass is 543 g/mol. The van der Waals surface area contributed by atoms with Crippen molar-refractivity contribution in [3.8, 4) is 11.1 Å². The quantitative estimate of drug-likeness (QED) is 0.192. The zero-order chi connectivity index (χ0) is 27.4. The first-order chi connectivity index (χ1) is 19.5. The minimum atomic E-state index is -1.17. The average molecular weight is 544 g/mol. The lowest BCUT2D eigenvalue weighted by Crippen LogP contribution is -2.53. The Kier molecular flexibility index (Phi) is 5.84. The molecule has 3 aliphatic rings. The van der Waals surface area contributed by atoms with Crippen LogP contribution in [0.4, 0.5) is 11.4 Å². The number of hydrogen-bond acceptors (Lipinski definition) is 4. The highest BCUT2D eigenvalue weighted by Gasteiger charge is 2.51. The Hall–Kier alpha value is -4.26. The predicted octanol–water partition coefficient (Wildman–Crippen LogP) is 6.01. The number of fused-ring (bicyclic) bond motifs is 9. The molecule has 0 bridgehead atoms. The standard InChI is InChI=1S/C34H29N3O2S/c1-2-3-18-37-29-15-9-8-14-27(29)34(25-12-6-4-10-22(25)23-11-5-7-13-26(23)34)28-20-21(16-17-30(28)37)19-24-31(38)35-33(40)36-32(24)39/h4-17,19-20,31,38H,2-3,18H2,1H3,(H2,35,36,39,40)/b24-19+. The number of amides is 1. The lowest BCUT2D eigenvalue weighted by atomic mass is 9.64. The van der Waals surface area contributed by atoms with Crippen molar-refractivity contribution in [2.75, 3.05) is 11.4 Å². The van der Waals surface area contributed by atoms with Gasteiger partial charge in [0.1, 0.15) is 0 Å². The van der Waals surface area contributed by atoms with Crippen LogP contribution in [0.3, 0.4) is 0 Å². The van der Waals surface area contributed by atoms with Crippen molar-refractivity contribution in [1.29, 1.82) is 0 Å². The largest absolute Gasteiger partial charge is 0.369 e. The van der Waals surface area contributed by atoms with E-state index in [2.05, 4.69) is 107 Å². The summed E-state index contributed by atoms with van der Waals surface area (Å²) in [6, 6.07) is 32.6. The van der Waals surface area contributed by atoms with Crippen LogP contribution in [0.1, 0.15) is 47.6 Å². The fourth-order valence-electron chi connectivity index (χ4n) is 6.71. The van der Waals surface area contributed by atoms with Crippen LogP contribution in [-0.2, 0) is 10.2 Å². The van der Waals surface area contributed by atoms with E-state index < -0.39 is 17.6 Å². The summed E-state index contributed by atoms with van der Waals surface area (Å²) in [4.78, 5) is 15.2. The number of nitrogens with zero attached hydrogens (tertiary/aromatic N) is 1. The number of aliphatic hydroxyl groups is 1. The van der Waals surface area contributed by atoms with E-state index in [0.29, 0.717) is 0 Å². The van der Waals surface area contributed by atoms with Crippen molar-refractivity contribution in [3.05, 3.63) is 124 Å². The van der Waals surface area contributed by atoms with Gasteiger partial charge < -0.3 is 15.3 Å². The first kappa shape index (κ1) is 24.8. The first-order valence-corrected chi connectivity index (χ1v) is 14.2. The molecule has 0 saturated carbocycles. The van der Waals surface area contributed by atoms with Crippen molar-refractivity contribution in [1.82, 2.24) is 10.6 Å². The summed E-state index contributed by atoms with van der Waals surface area (Å²) in [5, 5.41) is 16.1. The molecule has 1 spiro atoms. The van der Waals surface area contributed by atoms with Crippen molar-refractivity contribution in [2.45, 2.75) is 31.4 Å². The number of hydrogen-bond donors (Lipinski definition) is 3. The van der Waals surface area contributed by atoms with Gasteiger partial charge >= 0.3 is 0 Å². The third kappa shape index (κ3) is 3.49. The maximum Gasteiger partial charge on any atom is 0.257 e. The Morgan fingerprint density at radius 3 is 2.17 bits per heavy atom. The average Bonchev–Trinajstić information content (AvgIpc) is 3.26. The number of carbonyl (C=O) groups excluding carboxylic acids is 1. The van der Waals surface area contributed by atoms with E-state index in [4.69, 9.17) is 12.2 Å². The van der Waals surface area contributed by atoms with Gasteiger partial charge in [-0.05, 0) is 81.9 Å². The minimum Gasteiger partial charge on any atom is -0.369 e. The molecule has 198 valence electrons. The highest BCUT2D eigenvalue weighted by molar-refractivity contribution is 7.80. The van der Waals surface area contributed by atoms with Gasteiger partial charge in [-0.15, -0.1) is 0 Å². The lowest BCUT2D eigenvalue weighted by Gasteiger charge is -2.45. The Morgan fingerprint density at radius 2 is 1.50 bits per heavy atom. The first-order valence-electron chi connectivity index (χ1n) is 13.8. The maximum atomic E-state index is 12.7. The maximum absolute atomic E-state index is 12.7. The lowest BCUT2D eigenvalue weighted by molar-refractivity contribution is -0.117. The second kappa shape index (κ2) is 9.44. The number of nitrogens with one attached hydrogen (secondary N) is 2. The summed E-state index contributed by atoms with van der Waals surface area (Å²) in [5.74, 6) is -0.393. The molecule has 0 radical (unpaired) electrons. The number of anilines is 2. The van der Waals surface area contributed by atoms with Gasteiger partial charge in [-0.2, -0.15) is 0 Å². The molecule has 7 rings (SSSR count). The fourth-order valence-corrected chi connectivity index (χ4v) is 6.92. The van der Waals surface area contributed by atoms with Gasteiger partial charge in [0.05, 0.1) is 11.0 Å². The van der Waals surface area contributed by atoms with Crippen LogP contribution >= 0.6 is 12.2 Å². The van der Waals surface area contributed by atoms with Crippen molar-refractivity contribution < 1.29 is 9.90 Å². The number of aliphatic hydroxyl groups excluding tert-OH is 1. The highest BCUT2D eigenvalue weighted by atomic mass is 32.1. The Balaban J connectivity index is 1.54. The molecule has 6 heteroatoms.